The molecule has 0 atom stereocenters. The highest BCUT2D eigenvalue weighted by molar-refractivity contribution is 6.30. The Morgan fingerprint density at radius 2 is 1.65 bits per heavy atom. The fraction of sp³-hybridized carbons (Fsp3) is 0.200. The largest absolute Gasteiger partial charge is 0.415 e. The summed E-state index contributed by atoms with van der Waals surface area (Å²) in [6.07, 6.45) is 2.82. The van der Waals surface area contributed by atoms with Crippen LogP contribution in [0.4, 0.5) is 4.79 Å². The number of ether oxygens (including phenoxy) is 2. The molecule has 2 aromatic carbocycles. The Morgan fingerprint density at radius 1 is 1.00 bits per heavy atom. The van der Waals surface area contributed by atoms with Gasteiger partial charge in [0.2, 0.25) is 0 Å². The van der Waals surface area contributed by atoms with Gasteiger partial charge in [-0.15, -0.1) is 0 Å². The Morgan fingerprint density at radius 3 is 2.31 bits per heavy atom. The third kappa shape index (κ3) is 4.94. The van der Waals surface area contributed by atoms with Gasteiger partial charge in [0.25, 0.3) is 0 Å². The standard InChI is InChI=1S/C20H18ClNO4/c21-17-6-1-15(2-7-17)3-10-19(23)16-4-8-18(9-5-16)26-20(24)22-11-13-25-14-12-22/h1-10H,11-14H2/b10-3+. The fourth-order valence-electron chi connectivity index (χ4n) is 2.44. The van der Waals surface area contributed by atoms with Crippen LogP contribution >= 0.6 is 11.6 Å². The normalized spacial score (nSPS) is 14.4. The molecule has 0 radical (unpaired) electrons. The summed E-state index contributed by atoms with van der Waals surface area (Å²) in [5.41, 5.74) is 1.40. The van der Waals surface area contributed by atoms with Crippen LogP contribution in [0, 0.1) is 0 Å². The summed E-state index contributed by atoms with van der Waals surface area (Å²) in [4.78, 5) is 25.8. The van der Waals surface area contributed by atoms with Crippen LogP contribution < -0.4 is 4.74 Å². The second-order valence-corrected chi connectivity index (χ2v) is 6.18. The molecule has 0 N–H and O–H groups in total. The molecule has 134 valence electrons. The molecule has 0 aromatic heterocycles. The summed E-state index contributed by atoms with van der Waals surface area (Å²) >= 11 is 5.83. The zero-order chi connectivity index (χ0) is 18.4. The van der Waals surface area contributed by atoms with E-state index in [0.717, 1.165) is 5.56 Å². The van der Waals surface area contributed by atoms with Crippen LogP contribution in [0.15, 0.2) is 54.6 Å². The lowest BCUT2D eigenvalue weighted by Gasteiger charge is -2.25. The summed E-state index contributed by atoms with van der Waals surface area (Å²) in [6, 6.07) is 13.7. The van der Waals surface area contributed by atoms with Crippen molar-refractivity contribution in [2.75, 3.05) is 26.3 Å². The minimum atomic E-state index is -0.407. The average Bonchev–Trinajstić information content (AvgIpc) is 2.68. The topological polar surface area (TPSA) is 55.8 Å². The Balaban J connectivity index is 1.58. The molecular formula is C20H18ClNO4. The molecule has 0 unspecified atom stereocenters. The van der Waals surface area contributed by atoms with Gasteiger partial charge in [-0.25, -0.2) is 4.79 Å². The van der Waals surface area contributed by atoms with Gasteiger partial charge < -0.3 is 14.4 Å². The van der Waals surface area contributed by atoms with Gasteiger partial charge in [-0.2, -0.15) is 0 Å². The van der Waals surface area contributed by atoms with E-state index < -0.39 is 6.09 Å². The van der Waals surface area contributed by atoms with Crippen LogP contribution in [0.3, 0.4) is 0 Å². The van der Waals surface area contributed by atoms with E-state index in [4.69, 9.17) is 21.1 Å². The summed E-state index contributed by atoms with van der Waals surface area (Å²) in [7, 11) is 0. The van der Waals surface area contributed by atoms with Crippen LogP contribution in [-0.4, -0.2) is 43.1 Å². The number of rotatable bonds is 4. The molecule has 2 aromatic rings. The van der Waals surface area contributed by atoms with Crippen LogP contribution in [0.5, 0.6) is 5.75 Å². The van der Waals surface area contributed by atoms with Gasteiger partial charge in [0.1, 0.15) is 5.75 Å². The van der Waals surface area contributed by atoms with Crippen molar-refractivity contribution in [3.8, 4) is 5.75 Å². The van der Waals surface area contributed by atoms with E-state index >= 15 is 0 Å². The summed E-state index contributed by atoms with van der Waals surface area (Å²) in [6.45, 7) is 2.07. The number of amides is 1. The molecule has 3 rings (SSSR count). The molecule has 1 aliphatic rings. The van der Waals surface area contributed by atoms with Crippen LogP contribution in [-0.2, 0) is 4.74 Å². The second kappa shape index (κ2) is 8.65. The third-order valence-corrected chi connectivity index (χ3v) is 4.16. The summed E-state index contributed by atoms with van der Waals surface area (Å²) < 4.78 is 10.5. The predicted molar refractivity (Wildman–Crippen MR) is 99.7 cm³/mol. The Bertz CT molecular complexity index is 794. The number of ketones is 1. The number of carbonyl (C=O) groups excluding carboxylic acids is 2. The van der Waals surface area contributed by atoms with Gasteiger partial charge in [-0.3, -0.25) is 4.79 Å². The lowest BCUT2D eigenvalue weighted by molar-refractivity contribution is 0.0416. The Hall–Kier alpha value is -2.63. The Labute approximate surface area is 156 Å². The average molecular weight is 372 g/mol. The molecule has 0 aliphatic carbocycles. The highest BCUT2D eigenvalue weighted by Crippen LogP contribution is 2.16. The molecule has 1 saturated heterocycles. The molecule has 26 heavy (non-hydrogen) atoms. The number of morpholine rings is 1. The highest BCUT2D eigenvalue weighted by atomic mass is 35.5. The van der Waals surface area contributed by atoms with E-state index in [1.807, 2.05) is 12.1 Å². The molecule has 1 aliphatic heterocycles. The number of hydrogen-bond donors (Lipinski definition) is 0. The van der Waals surface area contributed by atoms with Gasteiger partial charge in [0.15, 0.2) is 5.78 Å². The minimum Gasteiger partial charge on any atom is -0.410 e. The molecule has 1 fully saturated rings. The van der Waals surface area contributed by atoms with Crippen molar-refractivity contribution >= 4 is 29.6 Å². The van der Waals surface area contributed by atoms with Gasteiger partial charge in [-0.05, 0) is 48.0 Å². The number of carbonyl (C=O) groups is 2. The first-order valence-electron chi connectivity index (χ1n) is 8.24. The molecular weight excluding hydrogens is 354 g/mol. The number of allylic oxidation sites excluding steroid dienone is 1. The van der Waals surface area contributed by atoms with Crippen LogP contribution in [0.1, 0.15) is 15.9 Å². The maximum absolute atomic E-state index is 12.2. The molecule has 1 amide bonds. The SMILES string of the molecule is O=C(/C=C/c1ccc(Cl)cc1)c1ccc(OC(=O)N2CCOCC2)cc1. The molecule has 5 nitrogen and oxygen atoms in total. The number of benzene rings is 2. The minimum absolute atomic E-state index is 0.133. The van der Waals surface area contributed by atoms with E-state index in [0.29, 0.717) is 42.6 Å². The van der Waals surface area contributed by atoms with Crippen molar-refractivity contribution in [2.45, 2.75) is 0 Å². The predicted octanol–water partition coefficient (Wildman–Crippen LogP) is 4.07. The molecule has 0 bridgehead atoms. The number of nitrogens with zero attached hydrogens (tertiary/aromatic N) is 1. The van der Waals surface area contributed by atoms with E-state index in [1.165, 1.54) is 6.08 Å². The third-order valence-electron chi connectivity index (χ3n) is 3.91. The zero-order valence-corrected chi connectivity index (χ0v) is 14.8. The van der Waals surface area contributed by atoms with Crippen molar-refractivity contribution in [2.24, 2.45) is 0 Å². The summed E-state index contributed by atoms with van der Waals surface area (Å²) in [5, 5.41) is 0.649. The fourth-order valence-corrected chi connectivity index (χ4v) is 2.57. The van der Waals surface area contributed by atoms with E-state index in [-0.39, 0.29) is 5.78 Å². The maximum atomic E-state index is 12.2. The molecule has 6 heteroatoms. The van der Waals surface area contributed by atoms with E-state index in [1.54, 1.807) is 47.4 Å². The van der Waals surface area contributed by atoms with Gasteiger partial charge in [0.05, 0.1) is 13.2 Å². The van der Waals surface area contributed by atoms with Crippen molar-refractivity contribution < 1.29 is 19.1 Å². The van der Waals surface area contributed by atoms with Crippen molar-refractivity contribution in [3.05, 3.63) is 70.8 Å². The van der Waals surface area contributed by atoms with Crippen molar-refractivity contribution in [3.63, 3.8) is 0 Å². The second-order valence-electron chi connectivity index (χ2n) is 5.74. The smallest absolute Gasteiger partial charge is 0.410 e. The highest BCUT2D eigenvalue weighted by Gasteiger charge is 2.18. The summed E-state index contributed by atoms with van der Waals surface area (Å²) in [5.74, 6) is 0.269. The number of halogens is 1. The van der Waals surface area contributed by atoms with Gasteiger partial charge >= 0.3 is 6.09 Å². The Kier molecular flexibility index (Phi) is 6.04. The van der Waals surface area contributed by atoms with Crippen LogP contribution in [0.2, 0.25) is 5.02 Å². The first-order chi connectivity index (χ1) is 12.6. The van der Waals surface area contributed by atoms with E-state index in [9.17, 15) is 9.59 Å². The molecule has 1 heterocycles. The quantitative estimate of drug-likeness (QED) is 0.600. The van der Waals surface area contributed by atoms with Crippen molar-refractivity contribution in [1.29, 1.82) is 0 Å². The first kappa shape index (κ1) is 18.2. The monoisotopic (exact) mass is 371 g/mol. The lowest BCUT2D eigenvalue weighted by atomic mass is 10.1. The molecule has 0 saturated carbocycles. The van der Waals surface area contributed by atoms with Crippen LogP contribution in [0.25, 0.3) is 6.08 Å². The van der Waals surface area contributed by atoms with Crippen molar-refractivity contribution in [1.82, 2.24) is 4.90 Å². The zero-order valence-electron chi connectivity index (χ0n) is 14.1. The van der Waals surface area contributed by atoms with E-state index in [2.05, 4.69) is 0 Å². The first-order valence-corrected chi connectivity index (χ1v) is 8.62. The lowest BCUT2D eigenvalue weighted by Crippen LogP contribution is -2.42. The number of hydrogen-bond acceptors (Lipinski definition) is 4. The van der Waals surface area contributed by atoms with Gasteiger partial charge in [-0.1, -0.05) is 29.8 Å². The molecule has 0 spiro atoms. The van der Waals surface area contributed by atoms with Gasteiger partial charge in [0, 0.05) is 23.7 Å². The maximum Gasteiger partial charge on any atom is 0.415 e.